The normalized spacial score (nSPS) is 11.1. The van der Waals surface area contributed by atoms with Gasteiger partial charge in [0, 0.05) is 18.8 Å². The smallest absolute Gasteiger partial charge is 0.182 e. The SMILES string of the molecule is CCc1nccn1-c1ncnc2nc[nH]c12. The Morgan fingerprint density at radius 2 is 2.19 bits per heavy atom. The van der Waals surface area contributed by atoms with Crippen LogP contribution in [0, 0.1) is 0 Å². The summed E-state index contributed by atoms with van der Waals surface area (Å²) in [5.74, 6) is 1.76. The molecule has 1 N–H and O–H groups in total. The minimum absolute atomic E-state index is 0.667. The minimum atomic E-state index is 0.667. The van der Waals surface area contributed by atoms with E-state index in [4.69, 9.17) is 0 Å². The largest absolute Gasteiger partial charge is 0.340 e. The molecule has 0 radical (unpaired) electrons. The Bertz CT molecular complexity index is 623. The number of nitrogens with one attached hydrogen (secondary N) is 1. The second-order valence-electron chi connectivity index (χ2n) is 3.37. The van der Waals surface area contributed by atoms with Crippen LogP contribution >= 0.6 is 0 Å². The van der Waals surface area contributed by atoms with Gasteiger partial charge >= 0.3 is 0 Å². The lowest BCUT2D eigenvalue weighted by atomic mass is 10.4. The highest BCUT2D eigenvalue weighted by molar-refractivity contribution is 5.77. The summed E-state index contributed by atoms with van der Waals surface area (Å²) in [6.07, 6.45) is 7.64. The van der Waals surface area contributed by atoms with Crippen LogP contribution in [-0.4, -0.2) is 29.5 Å². The van der Waals surface area contributed by atoms with Gasteiger partial charge in [-0.3, -0.25) is 4.57 Å². The maximum absolute atomic E-state index is 4.27. The van der Waals surface area contributed by atoms with Crippen molar-refractivity contribution in [2.75, 3.05) is 0 Å². The maximum atomic E-state index is 4.27. The number of rotatable bonds is 2. The van der Waals surface area contributed by atoms with E-state index >= 15 is 0 Å². The van der Waals surface area contributed by atoms with E-state index in [0.29, 0.717) is 5.65 Å². The first-order valence-corrected chi connectivity index (χ1v) is 5.07. The van der Waals surface area contributed by atoms with Crippen molar-refractivity contribution in [3.63, 3.8) is 0 Å². The van der Waals surface area contributed by atoms with Gasteiger partial charge < -0.3 is 4.98 Å². The molecule has 80 valence electrons. The Morgan fingerprint density at radius 1 is 1.25 bits per heavy atom. The summed E-state index contributed by atoms with van der Waals surface area (Å²) >= 11 is 0. The molecule has 0 amide bonds. The summed E-state index contributed by atoms with van der Waals surface area (Å²) in [5.41, 5.74) is 1.50. The number of nitrogens with zero attached hydrogens (tertiary/aromatic N) is 5. The molecular weight excluding hydrogens is 204 g/mol. The molecular formula is C10H10N6. The molecule has 3 rings (SSSR count). The molecule has 0 aliphatic rings. The predicted molar refractivity (Wildman–Crippen MR) is 58.2 cm³/mol. The first-order chi connectivity index (χ1) is 7.90. The number of imidazole rings is 2. The summed E-state index contributed by atoms with van der Waals surface area (Å²) in [4.78, 5) is 19.8. The fraction of sp³-hybridized carbons (Fsp3) is 0.200. The molecule has 0 fully saturated rings. The Kier molecular flexibility index (Phi) is 1.92. The van der Waals surface area contributed by atoms with Gasteiger partial charge in [-0.15, -0.1) is 0 Å². The third kappa shape index (κ3) is 1.19. The zero-order valence-electron chi connectivity index (χ0n) is 8.75. The number of aromatic nitrogens is 6. The molecule has 0 spiro atoms. The standard InChI is InChI=1S/C10H10N6/c1-2-7-11-3-4-16(7)10-8-9(13-5-12-8)14-6-15-10/h3-6H,2H2,1H3,(H,12,13,14,15). The lowest BCUT2D eigenvalue weighted by molar-refractivity contribution is 0.868. The fourth-order valence-electron chi connectivity index (χ4n) is 1.72. The number of H-pyrrole nitrogens is 1. The van der Waals surface area contributed by atoms with E-state index in [0.717, 1.165) is 23.6 Å². The van der Waals surface area contributed by atoms with Crippen molar-refractivity contribution in [3.8, 4) is 5.82 Å². The van der Waals surface area contributed by atoms with Crippen molar-refractivity contribution in [1.29, 1.82) is 0 Å². The average Bonchev–Trinajstić information content (AvgIpc) is 2.96. The quantitative estimate of drug-likeness (QED) is 0.693. The molecule has 3 aromatic heterocycles. The topological polar surface area (TPSA) is 72.3 Å². The summed E-state index contributed by atoms with van der Waals surface area (Å²) in [6.45, 7) is 2.06. The highest BCUT2D eigenvalue weighted by atomic mass is 15.2. The van der Waals surface area contributed by atoms with Crippen molar-refractivity contribution < 1.29 is 0 Å². The van der Waals surface area contributed by atoms with E-state index in [1.165, 1.54) is 6.33 Å². The van der Waals surface area contributed by atoms with Gasteiger partial charge in [-0.1, -0.05) is 6.92 Å². The highest BCUT2D eigenvalue weighted by Crippen LogP contribution is 2.15. The van der Waals surface area contributed by atoms with Crippen molar-refractivity contribution in [3.05, 3.63) is 30.9 Å². The Morgan fingerprint density at radius 3 is 3.06 bits per heavy atom. The Balaban J connectivity index is 2.29. The first-order valence-electron chi connectivity index (χ1n) is 5.07. The van der Waals surface area contributed by atoms with Gasteiger partial charge in [-0.05, 0) is 0 Å². The molecule has 0 atom stereocenters. The third-order valence-electron chi connectivity index (χ3n) is 2.46. The molecule has 0 unspecified atom stereocenters. The number of fused-ring (bicyclic) bond motifs is 1. The highest BCUT2D eigenvalue weighted by Gasteiger charge is 2.10. The summed E-state index contributed by atoms with van der Waals surface area (Å²) in [6, 6.07) is 0. The lowest BCUT2D eigenvalue weighted by Gasteiger charge is -2.05. The van der Waals surface area contributed by atoms with Crippen molar-refractivity contribution in [2.45, 2.75) is 13.3 Å². The average molecular weight is 214 g/mol. The summed E-state index contributed by atoms with van der Waals surface area (Å²) < 4.78 is 1.95. The fourth-order valence-corrected chi connectivity index (χ4v) is 1.72. The van der Waals surface area contributed by atoms with Gasteiger partial charge in [0.25, 0.3) is 0 Å². The number of aromatic amines is 1. The van der Waals surface area contributed by atoms with Crippen LogP contribution in [0.4, 0.5) is 0 Å². The number of aryl methyl sites for hydroxylation is 1. The van der Waals surface area contributed by atoms with Gasteiger partial charge in [0.1, 0.15) is 17.7 Å². The second kappa shape index (κ2) is 3.41. The van der Waals surface area contributed by atoms with Crippen LogP contribution in [0.25, 0.3) is 17.0 Å². The van der Waals surface area contributed by atoms with Gasteiger partial charge in [0.05, 0.1) is 6.33 Å². The molecule has 0 saturated carbocycles. The number of hydrogen-bond donors (Lipinski definition) is 1. The molecule has 3 heterocycles. The van der Waals surface area contributed by atoms with E-state index in [9.17, 15) is 0 Å². The van der Waals surface area contributed by atoms with E-state index in [2.05, 4.69) is 31.8 Å². The molecule has 0 bridgehead atoms. The second-order valence-corrected chi connectivity index (χ2v) is 3.37. The van der Waals surface area contributed by atoms with E-state index in [-0.39, 0.29) is 0 Å². The predicted octanol–water partition coefficient (Wildman–Crippen LogP) is 1.10. The van der Waals surface area contributed by atoms with Crippen molar-refractivity contribution in [2.24, 2.45) is 0 Å². The molecule has 0 aromatic carbocycles. The minimum Gasteiger partial charge on any atom is -0.340 e. The molecule has 0 aliphatic carbocycles. The number of hydrogen-bond acceptors (Lipinski definition) is 4. The van der Waals surface area contributed by atoms with E-state index < -0.39 is 0 Å². The van der Waals surface area contributed by atoms with Crippen molar-refractivity contribution >= 4 is 11.2 Å². The van der Waals surface area contributed by atoms with Crippen LogP contribution in [0.5, 0.6) is 0 Å². The molecule has 3 aromatic rings. The molecule has 16 heavy (non-hydrogen) atoms. The summed E-state index contributed by atoms with van der Waals surface area (Å²) in [7, 11) is 0. The first kappa shape index (κ1) is 9.02. The zero-order valence-corrected chi connectivity index (χ0v) is 8.75. The van der Waals surface area contributed by atoms with Crippen LogP contribution in [-0.2, 0) is 6.42 Å². The molecule has 0 aliphatic heterocycles. The van der Waals surface area contributed by atoms with Crippen LogP contribution in [0.15, 0.2) is 25.0 Å². The lowest BCUT2D eigenvalue weighted by Crippen LogP contribution is -2.02. The van der Waals surface area contributed by atoms with Gasteiger partial charge in [0.15, 0.2) is 11.5 Å². The van der Waals surface area contributed by atoms with Crippen LogP contribution in [0.2, 0.25) is 0 Å². The molecule has 0 saturated heterocycles. The van der Waals surface area contributed by atoms with Gasteiger partial charge in [-0.25, -0.2) is 19.9 Å². The third-order valence-corrected chi connectivity index (χ3v) is 2.46. The summed E-state index contributed by atoms with van der Waals surface area (Å²) in [5, 5.41) is 0. The Hall–Kier alpha value is -2.24. The van der Waals surface area contributed by atoms with E-state index in [1.807, 2.05) is 10.8 Å². The van der Waals surface area contributed by atoms with Crippen LogP contribution in [0.1, 0.15) is 12.7 Å². The van der Waals surface area contributed by atoms with Gasteiger partial charge in [0.2, 0.25) is 0 Å². The van der Waals surface area contributed by atoms with Crippen LogP contribution in [0.3, 0.4) is 0 Å². The van der Waals surface area contributed by atoms with E-state index in [1.54, 1.807) is 12.5 Å². The Labute approximate surface area is 91.4 Å². The van der Waals surface area contributed by atoms with Gasteiger partial charge in [-0.2, -0.15) is 0 Å². The molecule has 6 nitrogen and oxygen atoms in total. The monoisotopic (exact) mass is 214 g/mol. The maximum Gasteiger partial charge on any atom is 0.182 e. The van der Waals surface area contributed by atoms with Crippen molar-refractivity contribution in [1.82, 2.24) is 29.5 Å². The van der Waals surface area contributed by atoms with Crippen LogP contribution < -0.4 is 0 Å². The molecule has 6 heteroatoms. The zero-order chi connectivity index (χ0) is 11.0.